The van der Waals surface area contributed by atoms with E-state index in [0.29, 0.717) is 56.3 Å². The molecule has 0 unspecified atom stereocenters. The van der Waals surface area contributed by atoms with Gasteiger partial charge in [-0.15, -0.1) is 0 Å². The van der Waals surface area contributed by atoms with Gasteiger partial charge in [0.25, 0.3) is 0 Å². The summed E-state index contributed by atoms with van der Waals surface area (Å²) in [5.74, 6) is 0.623. The van der Waals surface area contributed by atoms with E-state index in [1.165, 1.54) is 12.1 Å². The molecule has 0 bridgehead atoms. The van der Waals surface area contributed by atoms with Crippen LogP contribution in [0.2, 0.25) is 5.02 Å². The van der Waals surface area contributed by atoms with Gasteiger partial charge in [-0.05, 0) is 36.8 Å². The third kappa shape index (κ3) is 5.64. The minimum atomic E-state index is -4.51. The van der Waals surface area contributed by atoms with Crippen LogP contribution in [-0.2, 0) is 17.4 Å². The first-order valence-corrected chi connectivity index (χ1v) is 10.9. The molecule has 0 saturated carbocycles. The van der Waals surface area contributed by atoms with Crippen molar-refractivity contribution in [2.45, 2.75) is 25.4 Å². The number of hydrogen-bond donors (Lipinski definition) is 0. The number of alkyl halides is 3. The standard InChI is InChI=1S/C22H20ClF4N5O2/c23-17-12-15(22(25,26)27)13-28-21(17)32-10-8-31(9-11-32)19(33)3-1-2-18-29-20(30-34-18)14-4-6-16(24)7-5-14/h4-7,12-13H,1-3,8-11H2. The molecule has 0 atom stereocenters. The van der Waals surface area contributed by atoms with Crippen LogP contribution in [-0.4, -0.2) is 52.1 Å². The fourth-order valence-electron chi connectivity index (χ4n) is 3.61. The lowest BCUT2D eigenvalue weighted by atomic mass is 10.2. The monoisotopic (exact) mass is 497 g/mol. The Morgan fingerprint density at radius 1 is 1.12 bits per heavy atom. The molecule has 34 heavy (non-hydrogen) atoms. The molecular weight excluding hydrogens is 478 g/mol. The number of anilines is 1. The molecule has 1 aromatic carbocycles. The lowest BCUT2D eigenvalue weighted by molar-refractivity contribution is -0.137. The summed E-state index contributed by atoms with van der Waals surface area (Å²) in [5.41, 5.74) is -0.269. The topological polar surface area (TPSA) is 75.4 Å². The van der Waals surface area contributed by atoms with Gasteiger partial charge >= 0.3 is 6.18 Å². The van der Waals surface area contributed by atoms with Crippen molar-refractivity contribution < 1.29 is 26.9 Å². The third-order valence-corrected chi connectivity index (χ3v) is 5.71. The summed E-state index contributed by atoms with van der Waals surface area (Å²) < 4.78 is 56.6. The van der Waals surface area contributed by atoms with E-state index in [0.717, 1.165) is 12.3 Å². The number of carbonyl (C=O) groups is 1. The van der Waals surface area contributed by atoms with Crippen molar-refractivity contribution in [1.82, 2.24) is 20.0 Å². The van der Waals surface area contributed by atoms with Gasteiger partial charge in [0.2, 0.25) is 17.6 Å². The summed E-state index contributed by atoms with van der Waals surface area (Å²) in [6, 6.07) is 6.60. The summed E-state index contributed by atoms with van der Waals surface area (Å²) in [7, 11) is 0. The summed E-state index contributed by atoms with van der Waals surface area (Å²) in [6.45, 7) is 1.64. The number of hydrogen-bond acceptors (Lipinski definition) is 6. The molecule has 0 N–H and O–H groups in total. The maximum Gasteiger partial charge on any atom is 0.417 e. The number of aromatic nitrogens is 3. The molecular formula is C22H20ClF4N5O2. The summed E-state index contributed by atoms with van der Waals surface area (Å²) >= 11 is 6.02. The van der Waals surface area contributed by atoms with Crippen LogP contribution in [0, 0.1) is 5.82 Å². The first-order chi connectivity index (χ1) is 16.2. The second kappa shape index (κ2) is 9.96. The van der Waals surface area contributed by atoms with Gasteiger partial charge in [0.05, 0.1) is 10.6 Å². The number of amides is 1. The quantitative estimate of drug-likeness (QED) is 0.463. The molecule has 3 aromatic rings. The summed E-state index contributed by atoms with van der Waals surface area (Å²) in [4.78, 5) is 24.2. The molecule has 12 heteroatoms. The molecule has 1 saturated heterocycles. The fraction of sp³-hybridized carbons (Fsp3) is 0.364. The average molecular weight is 498 g/mol. The van der Waals surface area contributed by atoms with E-state index in [9.17, 15) is 22.4 Å². The molecule has 0 aliphatic carbocycles. The zero-order valence-electron chi connectivity index (χ0n) is 17.9. The van der Waals surface area contributed by atoms with Crippen LogP contribution in [0.25, 0.3) is 11.4 Å². The highest BCUT2D eigenvalue weighted by molar-refractivity contribution is 6.33. The Morgan fingerprint density at radius 2 is 1.82 bits per heavy atom. The van der Waals surface area contributed by atoms with Gasteiger partial charge in [-0.2, -0.15) is 18.2 Å². The molecule has 2 aromatic heterocycles. The predicted molar refractivity (Wildman–Crippen MR) is 116 cm³/mol. The Kier molecular flexibility index (Phi) is 7.01. The maximum absolute atomic E-state index is 13.0. The molecule has 3 heterocycles. The van der Waals surface area contributed by atoms with Crippen molar-refractivity contribution in [2.24, 2.45) is 0 Å². The highest BCUT2D eigenvalue weighted by Crippen LogP contribution is 2.33. The molecule has 0 spiro atoms. The van der Waals surface area contributed by atoms with Gasteiger partial charge in [0.1, 0.15) is 11.6 Å². The minimum absolute atomic E-state index is 0.0376. The van der Waals surface area contributed by atoms with Crippen molar-refractivity contribution >= 4 is 23.3 Å². The highest BCUT2D eigenvalue weighted by Gasteiger charge is 2.32. The zero-order valence-corrected chi connectivity index (χ0v) is 18.6. The van der Waals surface area contributed by atoms with E-state index in [2.05, 4.69) is 15.1 Å². The van der Waals surface area contributed by atoms with Gasteiger partial charge in [-0.1, -0.05) is 16.8 Å². The Hall–Kier alpha value is -3.21. The smallest absolute Gasteiger partial charge is 0.352 e. The highest BCUT2D eigenvalue weighted by atomic mass is 35.5. The van der Waals surface area contributed by atoms with E-state index in [4.69, 9.17) is 16.1 Å². The normalized spacial score (nSPS) is 14.5. The van der Waals surface area contributed by atoms with Crippen molar-refractivity contribution in [3.05, 3.63) is 58.8 Å². The lowest BCUT2D eigenvalue weighted by Gasteiger charge is -2.36. The minimum Gasteiger partial charge on any atom is -0.352 e. The van der Waals surface area contributed by atoms with Gasteiger partial charge < -0.3 is 14.3 Å². The van der Waals surface area contributed by atoms with Crippen LogP contribution in [0.15, 0.2) is 41.1 Å². The SMILES string of the molecule is O=C(CCCc1nc(-c2ccc(F)cc2)no1)N1CCN(c2ncc(C(F)(F)F)cc2Cl)CC1. The first kappa shape index (κ1) is 23.9. The first-order valence-electron chi connectivity index (χ1n) is 10.5. The van der Waals surface area contributed by atoms with Crippen molar-refractivity contribution in [3.63, 3.8) is 0 Å². The summed E-state index contributed by atoms with van der Waals surface area (Å²) in [6.07, 6.45) is -2.53. The number of nitrogens with zero attached hydrogens (tertiary/aromatic N) is 5. The van der Waals surface area contributed by atoms with Crippen molar-refractivity contribution in [3.8, 4) is 11.4 Å². The van der Waals surface area contributed by atoms with Crippen LogP contribution in [0.5, 0.6) is 0 Å². The Labute approximate surface area is 197 Å². The maximum atomic E-state index is 13.0. The predicted octanol–water partition coefficient (Wildman–Crippen LogP) is 4.61. The number of piperazine rings is 1. The molecule has 1 fully saturated rings. The van der Waals surface area contributed by atoms with Crippen LogP contribution in [0.4, 0.5) is 23.4 Å². The lowest BCUT2D eigenvalue weighted by Crippen LogP contribution is -2.49. The van der Waals surface area contributed by atoms with Crippen LogP contribution in [0.3, 0.4) is 0 Å². The van der Waals surface area contributed by atoms with Crippen LogP contribution >= 0.6 is 11.6 Å². The fourth-order valence-corrected chi connectivity index (χ4v) is 3.89. The van der Waals surface area contributed by atoms with Gasteiger partial charge in [0, 0.05) is 50.8 Å². The number of pyridine rings is 1. The molecule has 1 aliphatic heterocycles. The second-order valence-corrected chi connectivity index (χ2v) is 8.17. The molecule has 7 nitrogen and oxygen atoms in total. The molecule has 0 radical (unpaired) electrons. The van der Waals surface area contributed by atoms with Crippen molar-refractivity contribution in [1.29, 1.82) is 0 Å². The van der Waals surface area contributed by atoms with Crippen LogP contribution in [0.1, 0.15) is 24.3 Å². The Morgan fingerprint density at radius 3 is 2.47 bits per heavy atom. The number of aryl methyl sites for hydroxylation is 1. The molecule has 1 aliphatic rings. The number of halogens is 5. The van der Waals surface area contributed by atoms with Gasteiger partial charge in [-0.25, -0.2) is 9.37 Å². The number of benzene rings is 1. The number of carbonyl (C=O) groups excluding carboxylic acids is 1. The van der Waals surface area contributed by atoms with Crippen molar-refractivity contribution in [2.75, 3.05) is 31.1 Å². The van der Waals surface area contributed by atoms with E-state index >= 15 is 0 Å². The number of rotatable bonds is 6. The van der Waals surface area contributed by atoms with Gasteiger partial charge in [-0.3, -0.25) is 4.79 Å². The van der Waals surface area contributed by atoms with E-state index in [1.807, 2.05) is 0 Å². The van der Waals surface area contributed by atoms with E-state index in [-0.39, 0.29) is 29.0 Å². The summed E-state index contributed by atoms with van der Waals surface area (Å²) in [5, 5.41) is 3.80. The van der Waals surface area contributed by atoms with Gasteiger partial charge in [0.15, 0.2) is 0 Å². The average Bonchev–Trinajstić information content (AvgIpc) is 3.28. The molecule has 1 amide bonds. The Bertz CT molecular complexity index is 1140. The van der Waals surface area contributed by atoms with E-state index < -0.39 is 11.7 Å². The van der Waals surface area contributed by atoms with Crippen LogP contribution < -0.4 is 4.90 Å². The largest absolute Gasteiger partial charge is 0.417 e. The second-order valence-electron chi connectivity index (χ2n) is 7.77. The molecule has 4 rings (SSSR count). The molecule has 180 valence electrons. The van der Waals surface area contributed by atoms with E-state index in [1.54, 1.807) is 21.9 Å². The Balaban J connectivity index is 1.24. The zero-order chi connectivity index (χ0) is 24.3. The third-order valence-electron chi connectivity index (χ3n) is 5.43.